The molecule has 90 valence electrons. The number of rotatable bonds is 5. The van der Waals surface area contributed by atoms with Crippen LogP contribution < -0.4 is 11.1 Å². The van der Waals surface area contributed by atoms with Crippen molar-refractivity contribution in [3.63, 3.8) is 0 Å². The van der Waals surface area contributed by atoms with Crippen molar-refractivity contribution in [3.05, 3.63) is 11.4 Å². The molecule has 1 rings (SSSR count). The van der Waals surface area contributed by atoms with Crippen molar-refractivity contribution in [1.82, 2.24) is 15.1 Å². The Balaban J connectivity index is 2.82. The number of hydrogen-bond donors (Lipinski definition) is 2. The van der Waals surface area contributed by atoms with Crippen LogP contribution in [0.5, 0.6) is 0 Å². The molecule has 3 N–H and O–H groups in total. The topological polar surface area (TPSA) is 72.9 Å². The van der Waals surface area contributed by atoms with Crippen molar-refractivity contribution in [2.75, 3.05) is 12.8 Å². The predicted octanol–water partition coefficient (Wildman–Crippen LogP) is 0.726. The highest BCUT2D eigenvalue weighted by molar-refractivity contribution is 5.75. The fraction of sp³-hybridized carbons (Fsp3) is 0.636. The second kappa shape index (κ2) is 5.53. The van der Waals surface area contributed by atoms with Crippen molar-refractivity contribution in [1.29, 1.82) is 0 Å². The van der Waals surface area contributed by atoms with E-state index in [1.54, 1.807) is 7.05 Å². The van der Waals surface area contributed by atoms with Crippen molar-refractivity contribution < 1.29 is 4.79 Å². The molecule has 0 radical (unpaired) electrons. The number of aromatic nitrogens is 2. The normalized spacial score (nSPS) is 10.4. The summed E-state index contributed by atoms with van der Waals surface area (Å²) in [6.07, 6.45) is 2.10. The van der Waals surface area contributed by atoms with Crippen LogP contribution in [-0.2, 0) is 24.2 Å². The zero-order chi connectivity index (χ0) is 12.1. The molecule has 0 aromatic carbocycles. The molecular weight excluding hydrogens is 204 g/mol. The van der Waals surface area contributed by atoms with Gasteiger partial charge in [0.2, 0.25) is 5.91 Å². The number of nitrogens with two attached hydrogens (primary N) is 1. The zero-order valence-corrected chi connectivity index (χ0v) is 10.2. The quantitative estimate of drug-likeness (QED) is 0.774. The minimum atomic E-state index is 0.0224. The van der Waals surface area contributed by atoms with Gasteiger partial charge in [-0.15, -0.1) is 0 Å². The molecule has 1 aromatic rings. The summed E-state index contributed by atoms with van der Waals surface area (Å²) in [5.74, 6) is 0.0224. The smallest absolute Gasteiger partial charge is 0.221 e. The van der Waals surface area contributed by atoms with Crippen LogP contribution in [0.4, 0.5) is 5.69 Å². The Hall–Kier alpha value is -1.52. The van der Waals surface area contributed by atoms with Crippen LogP contribution >= 0.6 is 0 Å². The molecule has 0 fully saturated rings. The summed E-state index contributed by atoms with van der Waals surface area (Å²) in [4.78, 5) is 11.2. The van der Waals surface area contributed by atoms with Crippen LogP contribution in [0.3, 0.4) is 0 Å². The van der Waals surface area contributed by atoms with Crippen LogP contribution in [0.1, 0.15) is 31.7 Å². The van der Waals surface area contributed by atoms with E-state index in [0.29, 0.717) is 13.0 Å². The average molecular weight is 224 g/mol. The fourth-order valence-electron chi connectivity index (χ4n) is 1.72. The standard InChI is InChI=1S/C11H20N4O/c1-4-8-11(12)9(5-2)15(14-8)7-6-10(16)13-3/h4-7,12H2,1-3H3,(H,13,16). The number of nitrogen functional groups attached to an aromatic ring is 1. The third-order valence-corrected chi connectivity index (χ3v) is 2.67. The van der Waals surface area contributed by atoms with E-state index in [4.69, 9.17) is 5.73 Å². The van der Waals surface area contributed by atoms with E-state index < -0.39 is 0 Å². The molecule has 5 heteroatoms. The number of amides is 1. The van der Waals surface area contributed by atoms with Gasteiger partial charge in [-0.2, -0.15) is 5.10 Å². The number of aryl methyl sites for hydroxylation is 2. The van der Waals surface area contributed by atoms with Gasteiger partial charge in [0.15, 0.2) is 0 Å². The summed E-state index contributed by atoms with van der Waals surface area (Å²) in [6, 6.07) is 0. The second-order valence-corrected chi connectivity index (χ2v) is 3.66. The molecule has 0 aliphatic rings. The van der Waals surface area contributed by atoms with Crippen molar-refractivity contribution in [3.8, 4) is 0 Å². The van der Waals surface area contributed by atoms with Gasteiger partial charge in [0.05, 0.1) is 23.6 Å². The van der Waals surface area contributed by atoms with Gasteiger partial charge in [-0.25, -0.2) is 0 Å². The SMILES string of the molecule is CCc1nn(CCC(=O)NC)c(CC)c1N. The van der Waals surface area contributed by atoms with Gasteiger partial charge in [-0.1, -0.05) is 13.8 Å². The van der Waals surface area contributed by atoms with Gasteiger partial charge in [-0.3, -0.25) is 9.48 Å². The largest absolute Gasteiger partial charge is 0.396 e. The number of hydrogen-bond acceptors (Lipinski definition) is 3. The molecule has 5 nitrogen and oxygen atoms in total. The van der Waals surface area contributed by atoms with Gasteiger partial charge in [0.25, 0.3) is 0 Å². The van der Waals surface area contributed by atoms with Crippen LogP contribution in [0.15, 0.2) is 0 Å². The highest BCUT2D eigenvalue weighted by atomic mass is 16.1. The van der Waals surface area contributed by atoms with Crippen molar-refractivity contribution >= 4 is 11.6 Å². The monoisotopic (exact) mass is 224 g/mol. The Morgan fingerprint density at radius 2 is 2.12 bits per heavy atom. The number of carbonyl (C=O) groups is 1. The van der Waals surface area contributed by atoms with E-state index in [1.807, 2.05) is 18.5 Å². The number of anilines is 1. The van der Waals surface area contributed by atoms with Crippen LogP contribution in [-0.4, -0.2) is 22.7 Å². The van der Waals surface area contributed by atoms with Gasteiger partial charge in [0, 0.05) is 13.5 Å². The lowest BCUT2D eigenvalue weighted by molar-refractivity contribution is -0.120. The van der Waals surface area contributed by atoms with Crippen molar-refractivity contribution in [2.45, 2.75) is 39.7 Å². The number of nitrogens with zero attached hydrogens (tertiary/aromatic N) is 2. The first-order valence-electron chi connectivity index (χ1n) is 5.68. The van der Waals surface area contributed by atoms with Crippen LogP contribution in [0.25, 0.3) is 0 Å². The van der Waals surface area contributed by atoms with Gasteiger partial charge >= 0.3 is 0 Å². The Morgan fingerprint density at radius 3 is 2.62 bits per heavy atom. The average Bonchev–Trinajstić information content (AvgIpc) is 2.61. The maximum atomic E-state index is 11.2. The van der Waals surface area contributed by atoms with E-state index in [2.05, 4.69) is 10.4 Å². The lowest BCUT2D eigenvalue weighted by Crippen LogP contribution is -2.20. The molecule has 0 bridgehead atoms. The van der Waals surface area contributed by atoms with Gasteiger partial charge < -0.3 is 11.1 Å². The third kappa shape index (κ3) is 2.53. The summed E-state index contributed by atoms with van der Waals surface area (Å²) in [5.41, 5.74) is 8.71. The lowest BCUT2D eigenvalue weighted by Gasteiger charge is -2.05. The molecular formula is C11H20N4O. The van der Waals surface area contributed by atoms with E-state index >= 15 is 0 Å². The first kappa shape index (κ1) is 12.5. The highest BCUT2D eigenvalue weighted by Crippen LogP contribution is 2.18. The molecule has 16 heavy (non-hydrogen) atoms. The first-order valence-corrected chi connectivity index (χ1v) is 5.68. The van der Waals surface area contributed by atoms with E-state index in [0.717, 1.165) is 29.9 Å². The molecule has 0 atom stereocenters. The van der Waals surface area contributed by atoms with Gasteiger partial charge in [0.1, 0.15) is 0 Å². The Morgan fingerprint density at radius 1 is 1.44 bits per heavy atom. The molecule has 0 aliphatic carbocycles. The molecule has 0 saturated carbocycles. The first-order chi connectivity index (χ1) is 7.63. The summed E-state index contributed by atoms with van der Waals surface area (Å²) < 4.78 is 1.85. The molecule has 1 amide bonds. The van der Waals surface area contributed by atoms with Crippen molar-refractivity contribution in [2.24, 2.45) is 0 Å². The summed E-state index contributed by atoms with van der Waals surface area (Å²) >= 11 is 0. The summed E-state index contributed by atoms with van der Waals surface area (Å²) in [7, 11) is 1.64. The third-order valence-electron chi connectivity index (χ3n) is 2.67. The molecule has 1 heterocycles. The minimum Gasteiger partial charge on any atom is -0.396 e. The number of carbonyl (C=O) groups excluding carboxylic acids is 1. The second-order valence-electron chi connectivity index (χ2n) is 3.66. The van der Waals surface area contributed by atoms with E-state index in [9.17, 15) is 4.79 Å². The Kier molecular flexibility index (Phi) is 4.34. The molecule has 0 saturated heterocycles. The van der Waals surface area contributed by atoms with Crippen LogP contribution in [0, 0.1) is 0 Å². The maximum Gasteiger partial charge on any atom is 0.221 e. The molecule has 0 spiro atoms. The predicted molar refractivity (Wildman–Crippen MR) is 64.1 cm³/mol. The lowest BCUT2D eigenvalue weighted by atomic mass is 10.2. The van der Waals surface area contributed by atoms with E-state index in [-0.39, 0.29) is 5.91 Å². The Bertz CT molecular complexity index is 370. The molecule has 0 aliphatic heterocycles. The zero-order valence-electron chi connectivity index (χ0n) is 10.2. The summed E-state index contributed by atoms with van der Waals surface area (Å²) in [6.45, 7) is 4.66. The Labute approximate surface area is 96.0 Å². The molecule has 1 aromatic heterocycles. The van der Waals surface area contributed by atoms with E-state index in [1.165, 1.54) is 0 Å². The maximum absolute atomic E-state index is 11.2. The molecule has 0 unspecified atom stereocenters. The minimum absolute atomic E-state index is 0.0224. The number of nitrogens with one attached hydrogen (secondary N) is 1. The highest BCUT2D eigenvalue weighted by Gasteiger charge is 2.12. The van der Waals surface area contributed by atoms with Crippen LogP contribution in [0.2, 0.25) is 0 Å². The fourth-order valence-corrected chi connectivity index (χ4v) is 1.72. The van der Waals surface area contributed by atoms with Gasteiger partial charge in [-0.05, 0) is 12.8 Å². The summed E-state index contributed by atoms with van der Waals surface area (Å²) in [5, 5.41) is 7.01.